The molecule has 0 aliphatic carbocycles. The Balaban J connectivity index is 2.27. The van der Waals surface area contributed by atoms with Gasteiger partial charge in [0.15, 0.2) is 11.5 Å². The summed E-state index contributed by atoms with van der Waals surface area (Å²) < 4.78 is 12.0. The van der Waals surface area contributed by atoms with E-state index >= 15 is 0 Å². The van der Waals surface area contributed by atoms with Gasteiger partial charge < -0.3 is 15.2 Å². The number of ether oxygens (including phenoxy) is 2. The Morgan fingerprint density at radius 3 is 2.89 bits per heavy atom. The number of rotatable bonds is 4. The predicted molar refractivity (Wildman–Crippen MR) is 70.2 cm³/mol. The van der Waals surface area contributed by atoms with Gasteiger partial charge in [-0.1, -0.05) is 6.07 Å². The highest BCUT2D eigenvalue weighted by molar-refractivity contribution is 5.96. The summed E-state index contributed by atoms with van der Waals surface area (Å²) in [5.41, 5.74) is 6.42. The van der Waals surface area contributed by atoms with Gasteiger partial charge in [0.25, 0.3) is 0 Å². The number of aromatic nitrogens is 2. The van der Waals surface area contributed by atoms with Gasteiger partial charge in [-0.3, -0.25) is 4.68 Å². The van der Waals surface area contributed by atoms with Crippen molar-refractivity contribution in [2.45, 2.75) is 13.5 Å². The Kier molecular flexibility index (Phi) is 3.70. The number of para-hydroxylation sites is 1. The number of nitrogens with two attached hydrogens (primary N) is 1. The van der Waals surface area contributed by atoms with Gasteiger partial charge in [0, 0.05) is 6.54 Å². The zero-order chi connectivity index (χ0) is 13.8. The molecular weight excluding hydrogens is 246 g/mol. The first-order chi connectivity index (χ1) is 9.15. The minimum absolute atomic E-state index is 0.249. The van der Waals surface area contributed by atoms with Crippen molar-refractivity contribution in [3.8, 4) is 11.5 Å². The van der Waals surface area contributed by atoms with Crippen LogP contribution in [0.15, 0.2) is 30.6 Å². The number of carbonyl (C=O) groups is 1. The molecule has 6 nitrogen and oxygen atoms in total. The van der Waals surface area contributed by atoms with E-state index in [4.69, 9.17) is 10.5 Å². The van der Waals surface area contributed by atoms with Gasteiger partial charge in [-0.25, -0.2) is 4.79 Å². The molecule has 0 amide bonds. The van der Waals surface area contributed by atoms with Gasteiger partial charge in [-0.15, -0.1) is 0 Å². The summed E-state index contributed by atoms with van der Waals surface area (Å²) >= 11 is 0. The molecule has 2 aromatic rings. The number of esters is 1. The first-order valence-electron chi connectivity index (χ1n) is 5.82. The van der Waals surface area contributed by atoms with Crippen LogP contribution in [0.1, 0.15) is 17.3 Å². The van der Waals surface area contributed by atoms with Crippen LogP contribution in [-0.4, -0.2) is 22.9 Å². The molecule has 2 N–H and O–H groups in total. The standard InChI is InChI=1S/C13H15N3O3/c1-3-16-8-9(7-15-16)19-11-6-4-5-10(12(11)14)13(17)18-2/h4-8H,3,14H2,1-2H3. The smallest absolute Gasteiger partial charge is 0.340 e. The summed E-state index contributed by atoms with van der Waals surface area (Å²) in [5, 5.41) is 4.09. The molecule has 0 atom stereocenters. The molecule has 0 bridgehead atoms. The minimum atomic E-state index is -0.493. The van der Waals surface area contributed by atoms with E-state index in [1.165, 1.54) is 7.11 Å². The van der Waals surface area contributed by atoms with Gasteiger partial charge in [0.05, 0.1) is 30.8 Å². The van der Waals surface area contributed by atoms with Crippen LogP contribution in [0, 0.1) is 0 Å². The van der Waals surface area contributed by atoms with Crippen molar-refractivity contribution in [3.05, 3.63) is 36.2 Å². The number of hydrogen-bond donors (Lipinski definition) is 1. The van der Waals surface area contributed by atoms with E-state index in [1.807, 2.05) is 6.92 Å². The third-order valence-electron chi connectivity index (χ3n) is 2.63. The molecule has 100 valence electrons. The van der Waals surface area contributed by atoms with Crippen molar-refractivity contribution in [1.29, 1.82) is 0 Å². The normalized spacial score (nSPS) is 10.2. The maximum Gasteiger partial charge on any atom is 0.340 e. The predicted octanol–water partition coefficient (Wildman–Crippen LogP) is 2.06. The Morgan fingerprint density at radius 1 is 1.47 bits per heavy atom. The summed E-state index contributed by atoms with van der Waals surface area (Å²) in [6, 6.07) is 4.96. The van der Waals surface area contributed by atoms with Crippen molar-refractivity contribution >= 4 is 11.7 Å². The lowest BCUT2D eigenvalue weighted by Crippen LogP contribution is -2.06. The highest BCUT2D eigenvalue weighted by Crippen LogP contribution is 2.30. The monoisotopic (exact) mass is 261 g/mol. The fraction of sp³-hybridized carbons (Fsp3) is 0.231. The summed E-state index contributed by atoms with van der Waals surface area (Å²) in [7, 11) is 1.31. The van der Waals surface area contributed by atoms with Crippen molar-refractivity contribution in [1.82, 2.24) is 9.78 Å². The first-order valence-corrected chi connectivity index (χ1v) is 5.82. The van der Waals surface area contributed by atoms with Crippen LogP contribution in [0.4, 0.5) is 5.69 Å². The number of hydrogen-bond acceptors (Lipinski definition) is 5. The van der Waals surface area contributed by atoms with E-state index in [0.29, 0.717) is 11.5 Å². The molecule has 2 rings (SSSR count). The summed E-state index contributed by atoms with van der Waals surface area (Å²) in [4.78, 5) is 11.5. The van der Waals surface area contributed by atoms with E-state index in [0.717, 1.165) is 6.54 Å². The molecule has 0 radical (unpaired) electrons. The van der Waals surface area contributed by atoms with Gasteiger partial charge in [-0.05, 0) is 19.1 Å². The second kappa shape index (κ2) is 5.43. The average Bonchev–Trinajstić information content (AvgIpc) is 2.88. The Bertz CT molecular complexity index is 593. The molecule has 0 aliphatic rings. The van der Waals surface area contributed by atoms with Crippen LogP contribution >= 0.6 is 0 Å². The number of aryl methyl sites for hydroxylation is 1. The van der Waals surface area contributed by atoms with Crippen LogP contribution in [-0.2, 0) is 11.3 Å². The van der Waals surface area contributed by atoms with E-state index in [1.54, 1.807) is 35.3 Å². The molecule has 0 fully saturated rings. The SMILES string of the molecule is CCn1cc(Oc2cccc(C(=O)OC)c2N)cn1. The van der Waals surface area contributed by atoms with Crippen molar-refractivity contribution in [2.75, 3.05) is 12.8 Å². The van der Waals surface area contributed by atoms with Gasteiger partial charge in [0.2, 0.25) is 0 Å². The molecule has 1 aromatic heterocycles. The molecule has 0 spiro atoms. The number of benzene rings is 1. The third-order valence-corrected chi connectivity index (χ3v) is 2.63. The summed E-state index contributed by atoms with van der Waals surface area (Å²) in [6.45, 7) is 2.73. The van der Waals surface area contributed by atoms with E-state index in [9.17, 15) is 4.79 Å². The highest BCUT2D eigenvalue weighted by Gasteiger charge is 2.14. The molecule has 6 heteroatoms. The number of anilines is 1. The van der Waals surface area contributed by atoms with Gasteiger partial charge >= 0.3 is 5.97 Å². The number of nitrogen functional groups attached to an aromatic ring is 1. The fourth-order valence-corrected chi connectivity index (χ4v) is 1.62. The van der Waals surface area contributed by atoms with E-state index < -0.39 is 5.97 Å². The number of nitrogens with zero attached hydrogens (tertiary/aromatic N) is 2. The Hall–Kier alpha value is -2.50. The van der Waals surface area contributed by atoms with Gasteiger partial charge in [-0.2, -0.15) is 5.10 Å². The molecule has 0 aliphatic heterocycles. The molecule has 1 heterocycles. The van der Waals surface area contributed by atoms with Crippen LogP contribution in [0.2, 0.25) is 0 Å². The quantitative estimate of drug-likeness (QED) is 0.673. The second-order valence-corrected chi connectivity index (χ2v) is 3.84. The lowest BCUT2D eigenvalue weighted by Gasteiger charge is -2.09. The molecule has 0 saturated heterocycles. The number of methoxy groups -OCH3 is 1. The van der Waals surface area contributed by atoms with Crippen LogP contribution in [0.5, 0.6) is 11.5 Å². The van der Waals surface area contributed by atoms with E-state index in [-0.39, 0.29) is 11.3 Å². The topological polar surface area (TPSA) is 79.4 Å². The van der Waals surface area contributed by atoms with Crippen molar-refractivity contribution in [3.63, 3.8) is 0 Å². The minimum Gasteiger partial charge on any atom is -0.465 e. The molecule has 0 unspecified atom stereocenters. The zero-order valence-corrected chi connectivity index (χ0v) is 10.8. The first kappa shape index (κ1) is 12.9. The fourth-order valence-electron chi connectivity index (χ4n) is 1.62. The largest absolute Gasteiger partial charge is 0.465 e. The Morgan fingerprint density at radius 2 is 2.26 bits per heavy atom. The van der Waals surface area contributed by atoms with Crippen molar-refractivity contribution < 1.29 is 14.3 Å². The lowest BCUT2D eigenvalue weighted by atomic mass is 10.1. The molecule has 1 aromatic carbocycles. The van der Waals surface area contributed by atoms with Crippen LogP contribution in [0.25, 0.3) is 0 Å². The molecule has 19 heavy (non-hydrogen) atoms. The second-order valence-electron chi connectivity index (χ2n) is 3.84. The van der Waals surface area contributed by atoms with Gasteiger partial charge in [0.1, 0.15) is 0 Å². The summed E-state index contributed by atoms with van der Waals surface area (Å²) in [6.07, 6.45) is 3.35. The maximum absolute atomic E-state index is 11.5. The number of carbonyl (C=O) groups excluding carboxylic acids is 1. The Labute approximate surface area is 110 Å². The molecular formula is C13H15N3O3. The zero-order valence-electron chi connectivity index (χ0n) is 10.8. The third kappa shape index (κ3) is 2.67. The van der Waals surface area contributed by atoms with Crippen molar-refractivity contribution in [2.24, 2.45) is 0 Å². The van der Waals surface area contributed by atoms with Crippen LogP contribution < -0.4 is 10.5 Å². The average molecular weight is 261 g/mol. The van der Waals surface area contributed by atoms with Crippen LogP contribution in [0.3, 0.4) is 0 Å². The lowest BCUT2D eigenvalue weighted by molar-refractivity contribution is 0.0601. The summed E-state index contributed by atoms with van der Waals surface area (Å²) in [5.74, 6) is 0.473. The maximum atomic E-state index is 11.5. The molecule has 0 saturated carbocycles. The highest BCUT2D eigenvalue weighted by atomic mass is 16.5. The van der Waals surface area contributed by atoms with E-state index in [2.05, 4.69) is 9.84 Å².